The molecule has 0 bridgehead atoms. The van der Waals surface area contributed by atoms with E-state index in [0.717, 1.165) is 6.07 Å². The Kier molecular flexibility index (Phi) is 5.45. The van der Waals surface area contributed by atoms with Gasteiger partial charge in [0.2, 0.25) is 17.7 Å². The molecule has 167 valence electrons. The average Bonchev–Trinajstić information content (AvgIpc) is 3.26. The van der Waals surface area contributed by atoms with Gasteiger partial charge < -0.3 is 15.5 Å². The Morgan fingerprint density at radius 2 is 1.81 bits per heavy atom. The molecule has 0 aromatic heterocycles. The summed E-state index contributed by atoms with van der Waals surface area (Å²) in [7, 11) is 0. The third kappa shape index (κ3) is 3.88. The summed E-state index contributed by atoms with van der Waals surface area (Å²) >= 11 is 0. The number of fused-ring (bicyclic) bond motifs is 1. The molecule has 3 atom stereocenters. The second-order valence-electron chi connectivity index (χ2n) is 8.82. The van der Waals surface area contributed by atoms with Crippen LogP contribution in [-0.4, -0.2) is 59.2 Å². The first-order chi connectivity index (χ1) is 14.6. The lowest BCUT2D eigenvalue weighted by atomic mass is 10.0. The Bertz CT molecular complexity index is 937. The molecule has 0 spiro atoms. The second-order valence-corrected chi connectivity index (χ2v) is 8.82. The number of hydrogen-bond donors (Lipinski definition) is 1. The smallest absolute Gasteiger partial charge is 0.238 e. The summed E-state index contributed by atoms with van der Waals surface area (Å²) in [6, 6.07) is -0.0512. The fourth-order valence-corrected chi connectivity index (χ4v) is 4.82. The quantitative estimate of drug-likeness (QED) is 0.530. The van der Waals surface area contributed by atoms with Crippen LogP contribution >= 0.6 is 0 Å². The Morgan fingerprint density at radius 1 is 1.13 bits per heavy atom. The Labute approximate surface area is 177 Å². The molecule has 2 aliphatic heterocycles. The van der Waals surface area contributed by atoms with Gasteiger partial charge in [0, 0.05) is 44.1 Å². The fourth-order valence-electron chi connectivity index (χ4n) is 4.82. The highest BCUT2D eigenvalue weighted by Gasteiger charge is 2.59. The van der Waals surface area contributed by atoms with Crippen LogP contribution in [0.5, 0.6) is 0 Å². The molecule has 10 heteroatoms. The van der Waals surface area contributed by atoms with E-state index in [-0.39, 0.29) is 42.2 Å². The van der Waals surface area contributed by atoms with Crippen LogP contribution in [0.4, 0.5) is 13.2 Å². The van der Waals surface area contributed by atoms with Gasteiger partial charge in [-0.1, -0.05) is 0 Å². The van der Waals surface area contributed by atoms with E-state index in [1.54, 1.807) is 9.80 Å². The lowest BCUT2D eigenvalue weighted by Gasteiger charge is -2.27. The summed E-state index contributed by atoms with van der Waals surface area (Å²) in [4.78, 5) is 40.4. The van der Waals surface area contributed by atoms with E-state index in [1.165, 1.54) is 0 Å². The molecule has 0 unspecified atom stereocenters. The number of rotatable bonds is 6. The molecule has 4 rings (SSSR count). The molecule has 3 fully saturated rings. The molecule has 2 saturated heterocycles. The average molecular weight is 437 g/mol. The topological polar surface area (TPSA) is 108 Å². The summed E-state index contributed by atoms with van der Waals surface area (Å²) in [5.74, 6) is -4.51. The Balaban J connectivity index is 1.36. The molecule has 1 saturated carbocycles. The standard InChI is InChI=1S/C21H24F3N4O3/c22-14-8-16(24)15(23)6-12(14)5-13(25)7-18(29)28-4-1-11-9-27(10-17(11)28)20(31)21(2-3-21)19(26)30/h6,8,11,13,17,25H,1-5,7,9-10H2,(H2,26,30)/t11-,13+,17+/m0/s1. The number of carbonyl (C=O) groups excluding carboxylic acids is 3. The van der Waals surface area contributed by atoms with E-state index in [4.69, 9.17) is 11.5 Å². The van der Waals surface area contributed by atoms with E-state index < -0.39 is 34.8 Å². The van der Waals surface area contributed by atoms with Gasteiger partial charge in [0.15, 0.2) is 11.6 Å². The number of nitrogens with two attached hydrogens (primary N) is 1. The van der Waals surface area contributed by atoms with Gasteiger partial charge in [0.25, 0.3) is 0 Å². The van der Waals surface area contributed by atoms with Crippen molar-refractivity contribution in [1.82, 2.24) is 15.5 Å². The summed E-state index contributed by atoms with van der Waals surface area (Å²) < 4.78 is 40.3. The van der Waals surface area contributed by atoms with Crippen molar-refractivity contribution in [1.29, 1.82) is 0 Å². The van der Waals surface area contributed by atoms with Crippen LogP contribution in [0.15, 0.2) is 12.1 Å². The third-order valence-corrected chi connectivity index (χ3v) is 6.76. The second kappa shape index (κ2) is 7.81. The minimum atomic E-state index is -1.30. The van der Waals surface area contributed by atoms with Crippen molar-refractivity contribution in [3.05, 3.63) is 35.1 Å². The number of benzene rings is 1. The zero-order valence-electron chi connectivity index (χ0n) is 16.9. The molecule has 1 aromatic rings. The van der Waals surface area contributed by atoms with Gasteiger partial charge in [-0.25, -0.2) is 13.2 Å². The van der Waals surface area contributed by atoms with Gasteiger partial charge in [-0.05, 0) is 37.3 Å². The van der Waals surface area contributed by atoms with Crippen molar-refractivity contribution in [3.8, 4) is 0 Å². The zero-order valence-corrected chi connectivity index (χ0v) is 16.9. The van der Waals surface area contributed by atoms with E-state index in [9.17, 15) is 27.6 Å². The van der Waals surface area contributed by atoms with Crippen molar-refractivity contribution in [2.75, 3.05) is 19.6 Å². The summed E-state index contributed by atoms with van der Waals surface area (Å²) in [5, 5.41) is 0. The zero-order chi connectivity index (χ0) is 22.5. The molecule has 1 aliphatic carbocycles. The number of likely N-dealkylation sites (tertiary alicyclic amines) is 2. The highest BCUT2D eigenvalue weighted by Crippen LogP contribution is 2.48. The summed E-state index contributed by atoms with van der Waals surface area (Å²) in [6.45, 7) is 1.29. The van der Waals surface area contributed by atoms with Gasteiger partial charge in [-0.15, -0.1) is 0 Å². The molecule has 2 heterocycles. The first kappa shape index (κ1) is 21.6. The predicted octanol–water partition coefficient (Wildman–Crippen LogP) is 1.01. The highest BCUT2D eigenvalue weighted by molar-refractivity contribution is 6.07. The van der Waals surface area contributed by atoms with E-state index in [0.29, 0.717) is 45.0 Å². The van der Waals surface area contributed by atoms with Crippen molar-refractivity contribution in [3.63, 3.8) is 0 Å². The molecule has 7 nitrogen and oxygen atoms in total. The van der Waals surface area contributed by atoms with E-state index >= 15 is 0 Å². The van der Waals surface area contributed by atoms with Gasteiger partial charge >= 0.3 is 0 Å². The highest BCUT2D eigenvalue weighted by atomic mass is 19.2. The largest absolute Gasteiger partial charge is 0.369 e. The number of primary amides is 1. The third-order valence-electron chi connectivity index (χ3n) is 6.76. The number of hydrogen-bond acceptors (Lipinski definition) is 3. The molecular formula is C21H24F3N4O3. The predicted molar refractivity (Wildman–Crippen MR) is 103 cm³/mol. The maximum Gasteiger partial charge on any atom is 0.238 e. The Hall–Kier alpha value is -2.62. The molecule has 3 amide bonds. The molecule has 3 aliphatic rings. The monoisotopic (exact) mass is 437 g/mol. The van der Waals surface area contributed by atoms with Crippen molar-refractivity contribution in [2.24, 2.45) is 17.1 Å². The van der Waals surface area contributed by atoms with Crippen molar-refractivity contribution in [2.45, 2.75) is 44.2 Å². The van der Waals surface area contributed by atoms with Gasteiger partial charge in [-0.3, -0.25) is 20.1 Å². The number of carbonyl (C=O) groups is 3. The molecule has 1 radical (unpaired) electrons. The number of nitrogens with zero attached hydrogens (tertiary/aromatic N) is 2. The van der Waals surface area contributed by atoms with Crippen LogP contribution in [0.3, 0.4) is 0 Å². The SMILES string of the molecule is [NH][C@@H](CC(=O)N1CC[C@H]2CN(C(=O)C3(C(N)=O)CC3)C[C@H]21)Cc1cc(F)c(F)cc1F. The van der Waals surface area contributed by atoms with Crippen LogP contribution in [0.2, 0.25) is 0 Å². The van der Waals surface area contributed by atoms with Crippen molar-refractivity contribution >= 4 is 17.7 Å². The molecule has 1 aromatic carbocycles. The van der Waals surface area contributed by atoms with Gasteiger partial charge in [0.05, 0.1) is 6.04 Å². The maximum absolute atomic E-state index is 13.8. The summed E-state index contributed by atoms with van der Waals surface area (Å²) in [6.07, 6.45) is 1.21. The molecule has 3 N–H and O–H groups in total. The van der Waals surface area contributed by atoms with Gasteiger partial charge in [-0.2, -0.15) is 0 Å². The lowest BCUT2D eigenvalue weighted by molar-refractivity contribution is -0.143. The van der Waals surface area contributed by atoms with Crippen LogP contribution in [0.1, 0.15) is 31.2 Å². The minimum Gasteiger partial charge on any atom is -0.369 e. The van der Waals surface area contributed by atoms with Crippen LogP contribution in [0.25, 0.3) is 0 Å². The molecular weight excluding hydrogens is 413 g/mol. The fraction of sp³-hybridized carbons (Fsp3) is 0.571. The molecule has 31 heavy (non-hydrogen) atoms. The first-order valence-corrected chi connectivity index (χ1v) is 10.4. The van der Waals surface area contributed by atoms with Crippen LogP contribution in [0, 0.1) is 28.8 Å². The number of nitrogens with one attached hydrogen (secondary N) is 1. The van der Waals surface area contributed by atoms with Crippen LogP contribution in [-0.2, 0) is 20.8 Å². The summed E-state index contributed by atoms with van der Waals surface area (Å²) in [5.41, 5.74) is 12.3. The Morgan fingerprint density at radius 3 is 2.45 bits per heavy atom. The number of amides is 3. The maximum atomic E-state index is 13.8. The lowest BCUT2D eigenvalue weighted by Crippen LogP contribution is -2.45. The minimum absolute atomic E-state index is 0.101. The van der Waals surface area contributed by atoms with Gasteiger partial charge in [0.1, 0.15) is 11.2 Å². The van der Waals surface area contributed by atoms with Crippen molar-refractivity contribution < 1.29 is 27.6 Å². The normalized spacial score (nSPS) is 24.8. The first-order valence-electron chi connectivity index (χ1n) is 10.4. The number of halogens is 3. The van der Waals surface area contributed by atoms with Crippen LogP contribution < -0.4 is 11.5 Å². The van der Waals surface area contributed by atoms with E-state index in [2.05, 4.69) is 0 Å². The van der Waals surface area contributed by atoms with E-state index in [1.807, 2.05) is 0 Å².